The van der Waals surface area contributed by atoms with Crippen LogP contribution in [0.4, 0.5) is 5.69 Å². The maximum Gasteiger partial charge on any atom is 0.243 e. The van der Waals surface area contributed by atoms with E-state index in [-0.39, 0.29) is 37.2 Å². The molecule has 38 heavy (non-hydrogen) atoms. The van der Waals surface area contributed by atoms with Crippen molar-refractivity contribution in [3.63, 3.8) is 0 Å². The van der Waals surface area contributed by atoms with Gasteiger partial charge in [0.05, 0.1) is 11.8 Å². The molecule has 0 bridgehead atoms. The van der Waals surface area contributed by atoms with Crippen molar-refractivity contribution < 1.29 is 19.5 Å². The number of nitrogens with zero attached hydrogens (tertiary/aromatic N) is 1. The van der Waals surface area contributed by atoms with Gasteiger partial charge in [-0.1, -0.05) is 54.6 Å². The Morgan fingerprint density at radius 3 is 2.63 bits per heavy atom. The number of benzene rings is 3. The number of nitrogens with two attached hydrogens (primary N) is 1. The number of rotatable bonds is 11. The lowest BCUT2D eigenvalue weighted by Gasteiger charge is -2.23. The summed E-state index contributed by atoms with van der Waals surface area (Å²) < 4.78 is 0. The minimum Gasteiger partial charge on any atom is -0.390 e. The second-order valence-electron chi connectivity index (χ2n) is 9.36. The highest BCUT2D eigenvalue weighted by molar-refractivity contribution is 7.99. The molecule has 1 aliphatic heterocycles. The molecule has 9 heteroatoms. The monoisotopic (exact) mass is 534 g/mol. The molecule has 8 nitrogen and oxygen atoms in total. The van der Waals surface area contributed by atoms with E-state index in [0.29, 0.717) is 25.8 Å². The molecule has 0 fully saturated rings. The number of nitrogens with one attached hydrogen (secondary N) is 2. The van der Waals surface area contributed by atoms with Gasteiger partial charge in [-0.05, 0) is 34.9 Å². The zero-order valence-electron chi connectivity index (χ0n) is 21.3. The van der Waals surface area contributed by atoms with Crippen LogP contribution in [-0.4, -0.2) is 60.4 Å². The molecule has 0 radical (unpaired) electrons. The molecule has 200 valence electrons. The van der Waals surface area contributed by atoms with Crippen molar-refractivity contribution in [1.29, 1.82) is 0 Å². The van der Waals surface area contributed by atoms with E-state index in [1.807, 2.05) is 66.7 Å². The summed E-state index contributed by atoms with van der Waals surface area (Å²) in [5, 5.41) is 17.5. The Hall–Kier alpha value is -3.40. The highest BCUT2D eigenvalue weighted by Gasteiger charge is 2.24. The number of hydrogen-bond acceptors (Lipinski definition) is 6. The van der Waals surface area contributed by atoms with Gasteiger partial charge >= 0.3 is 0 Å². The van der Waals surface area contributed by atoms with Crippen molar-refractivity contribution in [3.8, 4) is 0 Å². The summed E-state index contributed by atoms with van der Waals surface area (Å²) in [6.07, 6.45) is 0.534. The molecular formula is C29H34N4O4S. The first-order chi connectivity index (χ1) is 18.4. The maximum atomic E-state index is 13.0. The largest absolute Gasteiger partial charge is 0.390 e. The number of carbonyl (C=O) groups excluding carboxylic acids is 3. The van der Waals surface area contributed by atoms with Crippen LogP contribution in [0.15, 0.2) is 71.6 Å². The molecule has 1 aliphatic rings. The lowest BCUT2D eigenvalue weighted by molar-refractivity contribution is -0.129. The first-order valence-electron chi connectivity index (χ1n) is 12.9. The number of amides is 3. The average Bonchev–Trinajstić information content (AvgIpc) is 3.09. The Bertz CT molecular complexity index is 1280. The van der Waals surface area contributed by atoms with Crippen molar-refractivity contribution in [3.05, 3.63) is 72.3 Å². The topological polar surface area (TPSA) is 125 Å². The van der Waals surface area contributed by atoms with Crippen LogP contribution in [0.25, 0.3) is 10.8 Å². The van der Waals surface area contributed by atoms with Gasteiger partial charge in [0.2, 0.25) is 17.7 Å². The molecular weight excluding hydrogens is 500 g/mol. The van der Waals surface area contributed by atoms with Crippen molar-refractivity contribution in [2.45, 2.75) is 42.7 Å². The SMILES string of the molecule is NC[C@@H](O)CNC(=O)C(Cc1ccc2ccccc2c1)NC(=O)CCCN1C(=O)CCSc2ccccc21. The highest BCUT2D eigenvalue weighted by atomic mass is 32.2. The zero-order chi connectivity index (χ0) is 26.9. The first kappa shape index (κ1) is 27.6. The standard InChI is InChI=1S/C29H34N4O4S/c30-18-23(34)19-31-29(37)24(17-20-11-12-21-6-1-2-7-22(21)16-20)32-27(35)10-5-14-33-25-8-3-4-9-26(25)38-15-13-28(33)36/h1-4,6-9,11-12,16,23-24,34H,5,10,13-15,17-19,30H2,(H,31,37)(H,32,35)/t23-,24?/m1/s1. The van der Waals surface area contributed by atoms with Gasteiger partial charge in [0.25, 0.3) is 0 Å². The van der Waals surface area contributed by atoms with E-state index in [0.717, 1.165) is 32.7 Å². The van der Waals surface area contributed by atoms with Gasteiger partial charge < -0.3 is 26.4 Å². The molecule has 0 spiro atoms. The maximum absolute atomic E-state index is 13.0. The fraction of sp³-hybridized carbons (Fsp3) is 0.345. The molecule has 0 aromatic heterocycles. The predicted molar refractivity (Wildman–Crippen MR) is 151 cm³/mol. The summed E-state index contributed by atoms with van der Waals surface area (Å²) in [6.45, 7) is 0.459. The summed E-state index contributed by atoms with van der Waals surface area (Å²) in [6, 6.07) is 20.9. The number of anilines is 1. The van der Waals surface area contributed by atoms with E-state index in [1.165, 1.54) is 0 Å². The van der Waals surface area contributed by atoms with Crippen LogP contribution in [0, 0.1) is 0 Å². The third kappa shape index (κ3) is 7.34. The Morgan fingerprint density at radius 1 is 1.05 bits per heavy atom. The zero-order valence-corrected chi connectivity index (χ0v) is 22.1. The smallest absolute Gasteiger partial charge is 0.243 e. The van der Waals surface area contributed by atoms with Gasteiger partial charge in [0.1, 0.15) is 6.04 Å². The predicted octanol–water partition coefficient (Wildman–Crippen LogP) is 2.61. The number of hydrogen-bond donors (Lipinski definition) is 4. The Morgan fingerprint density at radius 2 is 1.82 bits per heavy atom. The normalized spacial score (nSPS) is 14.9. The van der Waals surface area contributed by atoms with Crippen LogP contribution in [0.5, 0.6) is 0 Å². The van der Waals surface area contributed by atoms with Crippen LogP contribution < -0.4 is 21.3 Å². The minimum absolute atomic E-state index is 0.00785. The van der Waals surface area contributed by atoms with E-state index in [4.69, 9.17) is 5.73 Å². The molecule has 1 heterocycles. The quantitative estimate of drug-likeness (QED) is 0.300. The number of thioether (sulfide) groups is 1. The van der Waals surface area contributed by atoms with Crippen molar-refractivity contribution in [2.24, 2.45) is 5.73 Å². The van der Waals surface area contributed by atoms with Gasteiger partial charge in [0, 0.05) is 49.5 Å². The summed E-state index contributed by atoms with van der Waals surface area (Å²) in [4.78, 5) is 41.4. The van der Waals surface area contributed by atoms with E-state index in [9.17, 15) is 19.5 Å². The van der Waals surface area contributed by atoms with Crippen molar-refractivity contribution in [2.75, 3.05) is 30.3 Å². The Labute approximate surface area is 227 Å². The molecule has 0 saturated heterocycles. The van der Waals surface area contributed by atoms with Gasteiger partial charge in [0.15, 0.2) is 0 Å². The summed E-state index contributed by atoms with van der Waals surface area (Å²) in [5.74, 6) is 0.134. The molecule has 0 saturated carbocycles. The lowest BCUT2D eigenvalue weighted by atomic mass is 10.0. The van der Waals surface area contributed by atoms with Crippen LogP contribution in [0.3, 0.4) is 0 Å². The Balaban J connectivity index is 1.40. The lowest BCUT2D eigenvalue weighted by Crippen LogP contribution is -2.50. The number of aliphatic hydroxyl groups is 1. The minimum atomic E-state index is -0.858. The highest BCUT2D eigenvalue weighted by Crippen LogP contribution is 2.34. The second kappa shape index (κ2) is 13.4. The average molecular weight is 535 g/mol. The number of para-hydroxylation sites is 1. The summed E-state index contributed by atoms with van der Waals surface area (Å²) in [7, 11) is 0. The molecule has 5 N–H and O–H groups in total. The van der Waals surface area contributed by atoms with E-state index in [2.05, 4.69) is 10.6 Å². The van der Waals surface area contributed by atoms with Gasteiger partial charge in [-0.15, -0.1) is 11.8 Å². The Kier molecular flexibility index (Phi) is 9.75. The van der Waals surface area contributed by atoms with E-state index >= 15 is 0 Å². The number of aliphatic hydroxyl groups excluding tert-OH is 1. The van der Waals surface area contributed by atoms with Gasteiger partial charge in [-0.3, -0.25) is 14.4 Å². The molecule has 2 atom stereocenters. The van der Waals surface area contributed by atoms with Crippen LogP contribution >= 0.6 is 11.8 Å². The fourth-order valence-corrected chi connectivity index (χ4v) is 5.46. The summed E-state index contributed by atoms with van der Waals surface area (Å²) >= 11 is 1.67. The third-order valence-corrected chi connectivity index (χ3v) is 7.57. The van der Waals surface area contributed by atoms with Gasteiger partial charge in [-0.25, -0.2) is 0 Å². The molecule has 3 aromatic rings. The van der Waals surface area contributed by atoms with Crippen LogP contribution in [0.1, 0.15) is 24.8 Å². The third-order valence-electron chi connectivity index (χ3n) is 6.51. The van der Waals surface area contributed by atoms with Crippen LogP contribution in [0.2, 0.25) is 0 Å². The summed E-state index contributed by atoms with van der Waals surface area (Å²) in [5.41, 5.74) is 7.25. The van der Waals surface area contributed by atoms with Crippen molar-refractivity contribution in [1.82, 2.24) is 10.6 Å². The molecule has 3 amide bonds. The molecule has 0 aliphatic carbocycles. The number of carbonyl (C=O) groups is 3. The first-order valence-corrected chi connectivity index (χ1v) is 13.9. The molecule has 4 rings (SSSR count). The van der Waals surface area contributed by atoms with E-state index in [1.54, 1.807) is 16.7 Å². The van der Waals surface area contributed by atoms with Gasteiger partial charge in [-0.2, -0.15) is 0 Å². The van der Waals surface area contributed by atoms with Crippen molar-refractivity contribution >= 4 is 45.9 Å². The van der Waals surface area contributed by atoms with Crippen LogP contribution in [-0.2, 0) is 20.8 Å². The molecule has 1 unspecified atom stereocenters. The number of fused-ring (bicyclic) bond motifs is 2. The molecule has 3 aromatic carbocycles. The van der Waals surface area contributed by atoms with E-state index < -0.39 is 12.1 Å². The fourth-order valence-electron chi connectivity index (χ4n) is 4.46. The second-order valence-corrected chi connectivity index (χ2v) is 10.5.